The zero-order valence-electron chi connectivity index (χ0n) is 18.2. The maximum Gasteiger partial charge on any atom is 0.408 e. The molecule has 30 heavy (non-hydrogen) atoms. The van der Waals surface area contributed by atoms with Gasteiger partial charge in [0.2, 0.25) is 5.91 Å². The summed E-state index contributed by atoms with van der Waals surface area (Å²) in [5.74, 6) is 0.462. The van der Waals surface area contributed by atoms with Gasteiger partial charge in [-0.2, -0.15) is 0 Å². The number of rotatable bonds is 6. The summed E-state index contributed by atoms with van der Waals surface area (Å²) in [7, 11) is 3.03. The molecule has 1 heterocycles. The van der Waals surface area contributed by atoms with E-state index in [4.69, 9.17) is 14.2 Å². The van der Waals surface area contributed by atoms with Crippen molar-refractivity contribution in [2.75, 3.05) is 33.9 Å². The normalized spacial score (nSPS) is 14.6. The topological polar surface area (TPSA) is 106 Å². The van der Waals surface area contributed by atoms with Crippen molar-refractivity contribution in [2.24, 2.45) is 0 Å². The minimum atomic E-state index is -0.635. The third-order valence-corrected chi connectivity index (χ3v) is 4.58. The zero-order valence-corrected chi connectivity index (χ0v) is 18.2. The molecule has 1 fully saturated rings. The highest BCUT2D eigenvalue weighted by atomic mass is 16.6. The fraction of sp³-hybridized carbons (Fsp3) is 0.571. The molecule has 9 nitrogen and oxygen atoms in total. The summed E-state index contributed by atoms with van der Waals surface area (Å²) < 4.78 is 15.7. The predicted octanol–water partition coefficient (Wildman–Crippen LogP) is 1.95. The Morgan fingerprint density at radius 3 is 2.13 bits per heavy atom. The van der Waals surface area contributed by atoms with Crippen LogP contribution in [-0.2, 0) is 9.53 Å². The lowest BCUT2D eigenvalue weighted by Gasteiger charge is -2.33. The molecule has 2 rings (SSSR count). The fourth-order valence-corrected chi connectivity index (χ4v) is 3.19. The molecule has 166 valence electrons. The van der Waals surface area contributed by atoms with E-state index >= 15 is 0 Å². The average molecular weight is 421 g/mol. The molecule has 0 aliphatic carbocycles. The highest BCUT2D eigenvalue weighted by Gasteiger charge is 2.28. The first kappa shape index (κ1) is 23.3. The molecule has 0 spiro atoms. The zero-order chi connectivity index (χ0) is 22.3. The van der Waals surface area contributed by atoms with E-state index in [0.717, 1.165) is 0 Å². The van der Waals surface area contributed by atoms with E-state index in [9.17, 15) is 14.4 Å². The van der Waals surface area contributed by atoms with Crippen molar-refractivity contribution in [2.45, 2.75) is 45.3 Å². The Kier molecular flexibility index (Phi) is 7.91. The van der Waals surface area contributed by atoms with Crippen LogP contribution in [0, 0.1) is 0 Å². The highest BCUT2D eigenvalue weighted by Crippen LogP contribution is 2.30. The van der Waals surface area contributed by atoms with Crippen LogP contribution in [0.15, 0.2) is 18.2 Å². The number of carbonyl (C=O) groups is 3. The minimum Gasteiger partial charge on any atom is -0.496 e. The largest absolute Gasteiger partial charge is 0.496 e. The number of nitrogens with one attached hydrogen (secondary N) is 2. The van der Waals surface area contributed by atoms with Crippen LogP contribution in [0.4, 0.5) is 4.79 Å². The summed E-state index contributed by atoms with van der Waals surface area (Å²) in [6, 6.07) is 5.14. The van der Waals surface area contributed by atoms with Gasteiger partial charge in [-0.25, -0.2) is 4.79 Å². The summed E-state index contributed by atoms with van der Waals surface area (Å²) in [4.78, 5) is 38.4. The summed E-state index contributed by atoms with van der Waals surface area (Å²) >= 11 is 0. The number of nitrogens with zero attached hydrogens (tertiary/aromatic N) is 1. The average Bonchev–Trinajstić information content (AvgIpc) is 2.70. The van der Waals surface area contributed by atoms with E-state index in [1.54, 1.807) is 43.9 Å². The van der Waals surface area contributed by atoms with Gasteiger partial charge in [0.25, 0.3) is 5.91 Å². The Labute approximate surface area is 177 Å². The number of alkyl carbamates (subject to hydrolysis) is 1. The second-order valence-electron chi connectivity index (χ2n) is 8.03. The molecule has 0 aromatic heterocycles. The predicted molar refractivity (Wildman–Crippen MR) is 111 cm³/mol. The van der Waals surface area contributed by atoms with Crippen LogP contribution in [-0.4, -0.2) is 68.3 Å². The van der Waals surface area contributed by atoms with E-state index in [1.807, 2.05) is 0 Å². The summed E-state index contributed by atoms with van der Waals surface area (Å²) in [5, 5.41) is 5.32. The summed E-state index contributed by atoms with van der Waals surface area (Å²) in [5.41, 5.74) is -0.226. The van der Waals surface area contributed by atoms with Crippen molar-refractivity contribution in [1.29, 1.82) is 0 Å². The van der Waals surface area contributed by atoms with Gasteiger partial charge in [0.15, 0.2) is 0 Å². The highest BCUT2D eigenvalue weighted by molar-refractivity contribution is 5.99. The number of likely N-dealkylation sites (tertiary alicyclic amines) is 1. The van der Waals surface area contributed by atoms with E-state index < -0.39 is 11.7 Å². The first-order chi connectivity index (χ1) is 14.1. The summed E-state index contributed by atoms with van der Waals surface area (Å²) in [6.45, 7) is 6.08. The molecule has 1 aliphatic rings. The Morgan fingerprint density at radius 1 is 1.07 bits per heavy atom. The molecule has 1 saturated heterocycles. The fourth-order valence-electron chi connectivity index (χ4n) is 3.19. The molecule has 0 radical (unpaired) electrons. The molecule has 2 N–H and O–H groups in total. The van der Waals surface area contributed by atoms with Crippen LogP contribution >= 0.6 is 0 Å². The minimum absolute atomic E-state index is 0.0680. The Hall–Kier alpha value is -2.97. The van der Waals surface area contributed by atoms with Crippen LogP contribution in [0.25, 0.3) is 0 Å². The SMILES string of the molecule is COc1cccc(OC)c1C(=O)N1CCC(NC(=O)CNC(=O)OC(C)(C)C)CC1. The van der Waals surface area contributed by atoms with Crippen LogP contribution in [0.3, 0.4) is 0 Å². The number of benzene rings is 1. The molecule has 0 bridgehead atoms. The van der Waals surface area contributed by atoms with Gasteiger partial charge in [0, 0.05) is 19.1 Å². The van der Waals surface area contributed by atoms with Gasteiger partial charge in [-0.15, -0.1) is 0 Å². The van der Waals surface area contributed by atoms with E-state index in [0.29, 0.717) is 43.0 Å². The van der Waals surface area contributed by atoms with Crippen LogP contribution < -0.4 is 20.1 Å². The molecule has 1 aromatic carbocycles. The molecule has 3 amide bonds. The quantitative estimate of drug-likeness (QED) is 0.727. The number of amides is 3. The third kappa shape index (κ3) is 6.53. The second-order valence-corrected chi connectivity index (χ2v) is 8.03. The van der Waals surface area contributed by atoms with Gasteiger partial charge in [-0.1, -0.05) is 6.07 Å². The van der Waals surface area contributed by atoms with Crippen molar-refractivity contribution in [3.8, 4) is 11.5 Å². The van der Waals surface area contributed by atoms with Crippen molar-refractivity contribution in [3.63, 3.8) is 0 Å². The molecule has 0 saturated carbocycles. The molecule has 1 aliphatic heterocycles. The van der Waals surface area contributed by atoms with Crippen molar-refractivity contribution in [3.05, 3.63) is 23.8 Å². The number of hydrogen-bond acceptors (Lipinski definition) is 6. The molecule has 9 heteroatoms. The van der Waals surface area contributed by atoms with Gasteiger partial charge in [0.1, 0.15) is 29.2 Å². The maximum atomic E-state index is 13.0. The maximum absolute atomic E-state index is 13.0. The first-order valence-electron chi connectivity index (χ1n) is 9.91. The van der Waals surface area contributed by atoms with Gasteiger partial charge < -0.3 is 29.7 Å². The van der Waals surface area contributed by atoms with Crippen LogP contribution in [0.5, 0.6) is 11.5 Å². The number of ether oxygens (including phenoxy) is 3. The molecular weight excluding hydrogens is 390 g/mol. The molecule has 0 unspecified atom stereocenters. The summed E-state index contributed by atoms with van der Waals surface area (Å²) in [6.07, 6.45) is 0.590. The lowest BCUT2D eigenvalue weighted by atomic mass is 10.0. The van der Waals surface area contributed by atoms with Gasteiger partial charge >= 0.3 is 6.09 Å². The monoisotopic (exact) mass is 421 g/mol. The van der Waals surface area contributed by atoms with Crippen molar-refractivity contribution < 1.29 is 28.6 Å². The molecule has 0 atom stereocenters. The Morgan fingerprint density at radius 2 is 1.63 bits per heavy atom. The second kappa shape index (κ2) is 10.2. The van der Waals surface area contributed by atoms with Crippen LogP contribution in [0.1, 0.15) is 44.0 Å². The Balaban J connectivity index is 1.85. The van der Waals surface area contributed by atoms with E-state index in [2.05, 4.69) is 10.6 Å². The third-order valence-electron chi connectivity index (χ3n) is 4.58. The number of methoxy groups -OCH3 is 2. The number of piperidine rings is 1. The van der Waals surface area contributed by atoms with Crippen molar-refractivity contribution >= 4 is 17.9 Å². The smallest absolute Gasteiger partial charge is 0.408 e. The van der Waals surface area contributed by atoms with Crippen molar-refractivity contribution in [1.82, 2.24) is 15.5 Å². The van der Waals surface area contributed by atoms with Gasteiger partial charge in [-0.3, -0.25) is 9.59 Å². The number of hydrogen-bond donors (Lipinski definition) is 2. The Bertz CT molecular complexity index is 744. The lowest BCUT2D eigenvalue weighted by molar-refractivity contribution is -0.121. The lowest BCUT2D eigenvalue weighted by Crippen LogP contribution is -2.49. The van der Waals surface area contributed by atoms with Gasteiger partial charge in [0.05, 0.1) is 14.2 Å². The van der Waals surface area contributed by atoms with E-state index in [-0.39, 0.29) is 24.4 Å². The van der Waals surface area contributed by atoms with E-state index in [1.165, 1.54) is 14.2 Å². The standard InChI is InChI=1S/C21H31N3O6/c1-21(2,3)30-20(27)22-13-17(25)23-14-9-11-24(12-10-14)19(26)18-15(28-4)7-6-8-16(18)29-5/h6-8,14H,9-13H2,1-5H3,(H,22,27)(H,23,25). The first-order valence-corrected chi connectivity index (χ1v) is 9.91. The van der Waals surface area contributed by atoms with Gasteiger partial charge in [-0.05, 0) is 45.7 Å². The molecule has 1 aromatic rings. The number of carbonyl (C=O) groups excluding carboxylic acids is 3. The molecular formula is C21H31N3O6. The van der Waals surface area contributed by atoms with Crippen LogP contribution in [0.2, 0.25) is 0 Å².